The minimum Gasteiger partial charge on any atom is -0.478 e. The van der Waals surface area contributed by atoms with E-state index in [2.05, 4.69) is 17.9 Å². The molecule has 1 aliphatic rings. The van der Waals surface area contributed by atoms with Crippen LogP contribution in [-0.4, -0.2) is 40.2 Å². The topological polar surface area (TPSA) is 45.5 Å². The highest BCUT2D eigenvalue weighted by atomic mass is 16.4. The second kappa shape index (κ2) is 5.76. The SMILES string of the molecule is Cc1cc(C(=O)O)c2c(c1)c(CCN1CCCC1)c(C)n2C. The fourth-order valence-electron chi connectivity index (χ4n) is 3.69. The number of nitrogens with zero attached hydrogens (tertiary/aromatic N) is 2. The fourth-order valence-corrected chi connectivity index (χ4v) is 3.69. The van der Waals surface area contributed by atoms with Gasteiger partial charge in [0, 0.05) is 24.7 Å². The summed E-state index contributed by atoms with van der Waals surface area (Å²) in [6.45, 7) is 7.53. The Morgan fingerprint density at radius 3 is 2.55 bits per heavy atom. The van der Waals surface area contributed by atoms with E-state index in [9.17, 15) is 9.90 Å². The quantitative estimate of drug-likeness (QED) is 0.943. The van der Waals surface area contributed by atoms with Crippen LogP contribution in [0.2, 0.25) is 0 Å². The van der Waals surface area contributed by atoms with Gasteiger partial charge in [-0.3, -0.25) is 0 Å². The zero-order chi connectivity index (χ0) is 15.9. The molecule has 2 aromatic rings. The van der Waals surface area contributed by atoms with Gasteiger partial charge in [0.05, 0.1) is 11.1 Å². The number of hydrogen-bond donors (Lipinski definition) is 1. The molecule has 1 fully saturated rings. The third-order valence-corrected chi connectivity index (χ3v) is 4.96. The molecule has 1 saturated heterocycles. The van der Waals surface area contributed by atoms with E-state index in [1.165, 1.54) is 37.2 Å². The molecule has 0 amide bonds. The zero-order valence-corrected chi connectivity index (χ0v) is 13.6. The molecule has 22 heavy (non-hydrogen) atoms. The molecule has 4 heteroatoms. The molecule has 3 rings (SSSR count). The van der Waals surface area contributed by atoms with Gasteiger partial charge in [-0.05, 0) is 69.5 Å². The maximum absolute atomic E-state index is 11.6. The molecule has 4 nitrogen and oxygen atoms in total. The third kappa shape index (κ3) is 2.52. The van der Waals surface area contributed by atoms with Crippen molar-refractivity contribution in [2.24, 2.45) is 7.05 Å². The Morgan fingerprint density at radius 2 is 1.91 bits per heavy atom. The molecule has 1 N–H and O–H groups in total. The summed E-state index contributed by atoms with van der Waals surface area (Å²) < 4.78 is 2.04. The number of aryl methyl sites for hydroxylation is 2. The molecule has 0 bridgehead atoms. The predicted molar refractivity (Wildman–Crippen MR) is 88.7 cm³/mol. The van der Waals surface area contributed by atoms with Crippen LogP contribution in [0.1, 0.15) is 40.0 Å². The van der Waals surface area contributed by atoms with E-state index in [1.807, 2.05) is 18.5 Å². The molecular weight excluding hydrogens is 276 g/mol. The monoisotopic (exact) mass is 300 g/mol. The minimum atomic E-state index is -0.847. The lowest BCUT2D eigenvalue weighted by Gasteiger charge is -2.14. The van der Waals surface area contributed by atoms with Crippen LogP contribution >= 0.6 is 0 Å². The van der Waals surface area contributed by atoms with E-state index in [1.54, 1.807) is 6.07 Å². The second-order valence-electron chi connectivity index (χ2n) is 6.44. The van der Waals surface area contributed by atoms with Gasteiger partial charge in [0.15, 0.2) is 0 Å². The van der Waals surface area contributed by atoms with Gasteiger partial charge in [0.1, 0.15) is 0 Å². The van der Waals surface area contributed by atoms with Crippen LogP contribution in [0, 0.1) is 13.8 Å². The summed E-state index contributed by atoms with van der Waals surface area (Å²) in [7, 11) is 1.97. The number of benzene rings is 1. The van der Waals surface area contributed by atoms with E-state index in [0.29, 0.717) is 5.56 Å². The Morgan fingerprint density at radius 1 is 1.23 bits per heavy atom. The Balaban J connectivity index is 2.05. The lowest BCUT2D eigenvalue weighted by atomic mass is 10.0. The largest absolute Gasteiger partial charge is 0.478 e. The van der Waals surface area contributed by atoms with Crippen molar-refractivity contribution in [1.82, 2.24) is 9.47 Å². The predicted octanol–water partition coefficient (Wildman–Crippen LogP) is 3.13. The van der Waals surface area contributed by atoms with Gasteiger partial charge in [0.25, 0.3) is 0 Å². The van der Waals surface area contributed by atoms with Gasteiger partial charge in [-0.2, -0.15) is 0 Å². The van der Waals surface area contributed by atoms with E-state index in [4.69, 9.17) is 0 Å². The van der Waals surface area contributed by atoms with Crippen LogP contribution < -0.4 is 0 Å². The number of fused-ring (bicyclic) bond motifs is 1. The van der Waals surface area contributed by atoms with Crippen molar-refractivity contribution in [3.05, 3.63) is 34.5 Å². The van der Waals surface area contributed by atoms with Gasteiger partial charge < -0.3 is 14.6 Å². The van der Waals surface area contributed by atoms with Gasteiger partial charge in [-0.1, -0.05) is 0 Å². The van der Waals surface area contributed by atoms with Gasteiger partial charge in [-0.25, -0.2) is 4.79 Å². The van der Waals surface area contributed by atoms with Crippen LogP contribution in [0.3, 0.4) is 0 Å². The van der Waals surface area contributed by atoms with Crippen molar-refractivity contribution < 1.29 is 9.90 Å². The molecule has 0 saturated carbocycles. The molecular formula is C18H24N2O2. The summed E-state index contributed by atoms with van der Waals surface area (Å²) >= 11 is 0. The molecule has 118 valence electrons. The fraction of sp³-hybridized carbons (Fsp3) is 0.500. The average molecular weight is 300 g/mol. The maximum atomic E-state index is 11.6. The van der Waals surface area contributed by atoms with E-state index in [0.717, 1.165) is 29.4 Å². The normalized spacial score (nSPS) is 15.8. The van der Waals surface area contributed by atoms with Crippen molar-refractivity contribution in [2.75, 3.05) is 19.6 Å². The summed E-state index contributed by atoms with van der Waals surface area (Å²) in [5.74, 6) is -0.847. The molecule has 1 aliphatic heterocycles. The zero-order valence-electron chi connectivity index (χ0n) is 13.6. The second-order valence-corrected chi connectivity index (χ2v) is 6.44. The highest BCUT2D eigenvalue weighted by Crippen LogP contribution is 2.30. The van der Waals surface area contributed by atoms with Crippen LogP contribution in [0.25, 0.3) is 10.9 Å². The number of rotatable bonds is 4. The summed E-state index contributed by atoms with van der Waals surface area (Å²) in [4.78, 5) is 14.1. The van der Waals surface area contributed by atoms with Crippen molar-refractivity contribution >= 4 is 16.9 Å². The number of carboxylic acids is 1. The number of carboxylic acid groups (broad SMARTS) is 1. The minimum absolute atomic E-state index is 0.410. The smallest absolute Gasteiger partial charge is 0.337 e. The number of aromatic carboxylic acids is 1. The van der Waals surface area contributed by atoms with Gasteiger partial charge in [-0.15, -0.1) is 0 Å². The van der Waals surface area contributed by atoms with Gasteiger partial charge in [0.2, 0.25) is 0 Å². The summed E-state index contributed by atoms with van der Waals surface area (Å²) in [5, 5.41) is 10.6. The first-order valence-electron chi connectivity index (χ1n) is 8.03. The van der Waals surface area contributed by atoms with Crippen molar-refractivity contribution in [1.29, 1.82) is 0 Å². The lowest BCUT2D eigenvalue weighted by Crippen LogP contribution is -2.22. The average Bonchev–Trinajstić information content (AvgIpc) is 3.05. The lowest BCUT2D eigenvalue weighted by molar-refractivity contribution is 0.0698. The Kier molecular flexibility index (Phi) is 3.96. The van der Waals surface area contributed by atoms with Gasteiger partial charge >= 0.3 is 5.97 Å². The molecule has 0 aliphatic carbocycles. The van der Waals surface area contributed by atoms with Crippen LogP contribution in [0.5, 0.6) is 0 Å². The number of hydrogen-bond acceptors (Lipinski definition) is 2. The van der Waals surface area contributed by atoms with Crippen molar-refractivity contribution in [3.8, 4) is 0 Å². The number of carbonyl (C=O) groups is 1. The van der Waals surface area contributed by atoms with E-state index < -0.39 is 5.97 Å². The van der Waals surface area contributed by atoms with Crippen LogP contribution in [-0.2, 0) is 13.5 Å². The summed E-state index contributed by atoms with van der Waals surface area (Å²) in [6.07, 6.45) is 3.60. The maximum Gasteiger partial charge on any atom is 0.337 e. The third-order valence-electron chi connectivity index (χ3n) is 4.96. The molecule has 1 aromatic heterocycles. The molecule has 0 radical (unpaired) electrons. The highest BCUT2D eigenvalue weighted by molar-refractivity contribution is 6.04. The van der Waals surface area contributed by atoms with Crippen LogP contribution in [0.4, 0.5) is 0 Å². The van der Waals surface area contributed by atoms with E-state index >= 15 is 0 Å². The first-order valence-corrected chi connectivity index (χ1v) is 8.03. The van der Waals surface area contributed by atoms with Crippen molar-refractivity contribution in [3.63, 3.8) is 0 Å². The first-order chi connectivity index (χ1) is 10.5. The Bertz CT molecular complexity index is 724. The standard InChI is InChI=1S/C18H24N2O2/c1-12-10-15-14(6-9-20-7-4-5-8-20)13(2)19(3)17(15)16(11-12)18(21)22/h10-11H,4-9H2,1-3H3,(H,21,22). The van der Waals surface area contributed by atoms with E-state index in [-0.39, 0.29) is 0 Å². The van der Waals surface area contributed by atoms with Crippen LogP contribution in [0.15, 0.2) is 12.1 Å². The first kappa shape index (κ1) is 15.1. The summed E-state index contributed by atoms with van der Waals surface area (Å²) in [5.41, 5.74) is 4.76. The molecule has 0 spiro atoms. The highest BCUT2D eigenvalue weighted by Gasteiger charge is 2.20. The van der Waals surface area contributed by atoms with Crippen molar-refractivity contribution in [2.45, 2.75) is 33.1 Å². The molecule has 0 unspecified atom stereocenters. The Labute approximate surface area is 131 Å². The molecule has 0 atom stereocenters. The number of aromatic nitrogens is 1. The Hall–Kier alpha value is -1.81. The number of likely N-dealkylation sites (tertiary alicyclic amines) is 1. The summed E-state index contributed by atoms with van der Waals surface area (Å²) in [6, 6.07) is 3.91. The molecule has 2 heterocycles. The molecule has 1 aromatic carbocycles.